The first-order valence-electron chi connectivity index (χ1n) is 6.99. The highest BCUT2D eigenvalue weighted by Crippen LogP contribution is 2.14. The maximum Gasteiger partial charge on any atom is 0.0506 e. The highest BCUT2D eigenvalue weighted by molar-refractivity contribution is 4.71. The molecule has 0 amide bonds. The van der Waals surface area contributed by atoms with Gasteiger partial charge in [0.15, 0.2) is 0 Å². The predicted molar refractivity (Wildman–Crippen MR) is 73.4 cm³/mol. The van der Waals surface area contributed by atoms with Crippen LogP contribution >= 0.6 is 0 Å². The minimum atomic E-state index is 0.246. The van der Waals surface area contributed by atoms with Gasteiger partial charge in [-0.25, -0.2) is 0 Å². The molecule has 1 heterocycles. The van der Waals surface area contributed by atoms with Crippen molar-refractivity contribution in [1.82, 2.24) is 10.2 Å². The minimum absolute atomic E-state index is 0.246. The highest BCUT2D eigenvalue weighted by Gasteiger charge is 2.15. The molecule has 0 saturated carbocycles. The van der Waals surface area contributed by atoms with Gasteiger partial charge in [0.2, 0.25) is 0 Å². The van der Waals surface area contributed by atoms with Crippen LogP contribution in [0.5, 0.6) is 0 Å². The van der Waals surface area contributed by atoms with Crippen LogP contribution in [-0.2, 0) is 4.74 Å². The van der Waals surface area contributed by atoms with Gasteiger partial charge in [0, 0.05) is 18.7 Å². The Hall–Kier alpha value is -0.120. The molecule has 0 aromatic carbocycles. The third-order valence-corrected chi connectivity index (χ3v) is 3.20. The van der Waals surface area contributed by atoms with E-state index in [9.17, 15) is 0 Å². The van der Waals surface area contributed by atoms with Crippen molar-refractivity contribution in [2.45, 2.75) is 45.6 Å². The topological polar surface area (TPSA) is 24.5 Å². The zero-order valence-corrected chi connectivity index (χ0v) is 12.1. The Kier molecular flexibility index (Phi) is 6.45. The van der Waals surface area contributed by atoms with E-state index in [2.05, 4.69) is 38.0 Å². The van der Waals surface area contributed by atoms with Crippen LogP contribution in [0.15, 0.2) is 0 Å². The van der Waals surface area contributed by atoms with Crippen LogP contribution in [0.1, 0.15) is 40.0 Å². The quantitative estimate of drug-likeness (QED) is 0.722. The summed E-state index contributed by atoms with van der Waals surface area (Å²) >= 11 is 0. The molecule has 1 unspecified atom stereocenters. The van der Waals surface area contributed by atoms with E-state index in [0.29, 0.717) is 0 Å². The van der Waals surface area contributed by atoms with Crippen LogP contribution < -0.4 is 5.32 Å². The fourth-order valence-corrected chi connectivity index (χ4v) is 2.30. The molecule has 0 aromatic rings. The molecule has 0 bridgehead atoms. The predicted octanol–water partition coefficient (Wildman–Crippen LogP) is 2.12. The number of hydrogen-bond acceptors (Lipinski definition) is 3. The Morgan fingerprint density at radius 2 is 2.12 bits per heavy atom. The summed E-state index contributed by atoms with van der Waals surface area (Å²) < 4.78 is 5.51. The normalized spacial score (nSPS) is 22.1. The first-order valence-corrected chi connectivity index (χ1v) is 6.99. The van der Waals surface area contributed by atoms with Crippen LogP contribution in [0.2, 0.25) is 0 Å². The van der Waals surface area contributed by atoms with Crippen molar-refractivity contribution >= 4 is 0 Å². The number of hydrogen-bond donors (Lipinski definition) is 1. The summed E-state index contributed by atoms with van der Waals surface area (Å²) in [6, 6.07) is 0. The second-order valence-corrected chi connectivity index (χ2v) is 6.38. The van der Waals surface area contributed by atoms with Gasteiger partial charge in [-0.1, -0.05) is 0 Å². The summed E-state index contributed by atoms with van der Waals surface area (Å²) in [5, 5.41) is 3.53. The van der Waals surface area contributed by atoms with Crippen LogP contribution in [0.4, 0.5) is 0 Å². The zero-order valence-electron chi connectivity index (χ0n) is 12.1. The molecule has 0 aliphatic carbocycles. The third-order valence-electron chi connectivity index (χ3n) is 3.20. The zero-order chi connectivity index (χ0) is 12.7. The summed E-state index contributed by atoms with van der Waals surface area (Å²) in [5.41, 5.74) is 0.246. The molecule has 0 aromatic heterocycles. The molecule has 3 heteroatoms. The number of rotatable bonds is 6. The van der Waals surface area contributed by atoms with E-state index in [4.69, 9.17) is 4.74 Å². The largest absolute Gasteiger partial charge is 0.381 e. The number of ether oxygens (including phenoxy) is 1. The second kappa shape index (κ2) is 7.34. The van der Waals surface area contributed by atoms with E-state index in [1.165, 1.54) is 32.4 Å². The van der Waals surface area contributed by atoms with Crippen molar-refractivity contribution in [3.63, 3.8) is 0 Å². The monoisotopic (exact) mass is 242 g/mol. The van der Waals surface area contributed by atoms with Gasteiger partial charge in [-0.3, -0.25) is 0 Å². The van der Waals surface area contributed by atoms with Crippen molar-refractivity contribution in [1.29, 1.82) is 0 Å². The van der Waals surface area contributed by atoms with Crippen molar-refractivity contribution < 1.29 is 4.74 Å². The molecule has 17 heavy (non-hydrogen) atoms. The Morgan fingerprint density at radius 3 is 2.71 bits per heavy atom. The van der Waals surface area contributed by atoms with Gasteiger partial charge >= 0.3 is 0 Å². The van der Waals surface area contributed by atoms with Gasteiger partial charge in [-0.15, -0.1) is 0 Å². The van der Waals surface area contributed by atoms with Crippen molar-refractivity contribution in [2.75, 3.05) is 39.9 Å². The second-order valence-electron chi connectivity index (χ2n) is 6.38. The minimum Gasteiger partial charge on any atom is -0.381 e. The van der Waals surface area contributed by atoms with Crippen LogP contribution in [0, 0.1) is 5.92 Å². The van der Waals surface area contributed by atoms with Gasteiger partial charge in [-0.2, -0.15) is 0 Å². The number of nitrogens with zero attached hydrogens (tertiary/aromatic N) is 1. The summed E-state index contributed by atoms with van der Waals surface area (Å²) in [6.07, 6.45) is 3.80. The lowest BCUT2D eigenvalue weighted by molar-refractivity contribution is 0.0419. The molecule has 1 saturated heterocycles. The van der Waals surface area contributed by atoms with Gasteiger partial charge in [0.25, 0.3) is 0 Å². The van der Waals surface area contributed by atoms with E-state index in [1.54, 1.807) is 0 Å². The standard InChI is InChI=1S/C14H30N2O/c1-14(2,3)15-8-6-9-16(4)11-13-7-5-10-17-12-13/h13,15H,5-12H2,1-4H3. The van der Waals surface area contributed by atoms with Gasteiger partial charge in [0.05, 0.1) is 6.61 Å². The van der Waals surface area contributed by atoms with Crippen LogP contribution in [0.25, 0.3) is 0 Å². The van der Waals surface area contributed by atoms with Gasteiger partial charge in [-0.05, 0) is 66.1 Å². The molecule has 3 nitrogen and oxygen atoms in total. The summed E-state index contributed by atoms with van der Waals surface area (Å²) in [7, 11) is 2.23. The average molecular weight is 242 g/mol. The molecular formula is C14H30N2O. The average Bonchev–Trinajstić information content (AvgIpc) is 2.25. The number of nitrogens with one attached hydrogen (secondary N) is 1. The highest BCUT2D eigenvalue weighted by atomic mass is 16.5. The molecular weight excluding hydrogens is 212 g/mol. The molecule has 1 rings (SSSR count). The Bertz CT molecular complexity index is 195. The maximum atomic E-state index is 5.51. The summed E-state index contributed by atoms with van der Waals surface area (Å²) in [5.74, 6) is 0.754. The van der Waals surface area contributed by atoms with Crippen LogP contribution in [-0.4, -0.2) is 50.3 Å². The van der Waals surface area contributed by atoms with E-state index in [1.807, 2.05) is 0 Å². The van der Waals surface area contributed by atoms with Gasteiger partial charge < -0.3 is 15.0 Å². The molecule has 102 valence electrons. The summed E-state index contributed by atoms with van der Waals surface area (Å²) in [6.45, 7) is 12.1. The molecule has 1 N–H and O–H groups in total. The first-order chi connectivity index (χ1) is 7.97. The van der Waals surface area contributed by atoms with E-state index < -0.39 is 0 Å². The van der Waals surface area contributed by atoms with E-state index >= 15 is 0 Å². The Morgan fingerprint density at radius 1 is 1.35 bits per heavy atom. The van der Waals surface area contributed by atoms with Crippen molar-refractivity contribution in [3.05, 3.63) is 0 Å². The van der Waals surface area contributed by atoms with Gasteiger partial charge in [0.1, 0.15) is 0 Å². The summed E-state index contributed by atoms with van der Waals surface area (Å²) in [4.78, 5) is 2.45. The van der Waals surface area contributed by atoms with Crippen molar-refractivity contribution in [3.8, 4) is 0 Å². The van der Waals surface area contributed by atoms with Crippen LogP contribution in [0.3, 0.4) is 0 Å². The van der Waals surface area contributed by atoms with Crippen molar-refractivity contribution in [2.24, 2.45) is 5.92 Å². The molecule has 1 aliphatic rings. The lowest BCUT2D eigenvalue weighted by atomic mass is 10.0. The Labute approximate surface area is 107 Å². The molecule has 1 aliphatic heterocycles. The maximum absolute atomic E-state index is 5.51. The van der Waals surface area contributed by atoms with E-state index in [0.717, 1.165) is 25.7 Å². The Balaban J connectivity index is 2.02. The molecule has 1 atom stereocenters. The molecule has 1 fully saturated rings. The fourth-order valence-electron chi connectivity index (χ4n) is 2.30. The smallest absolute Gasteiger partial charge is 0.0506 e. The fraction of sp³-hybridized carbons (Fsp3) is 1.00. The lowest BCUT2D eigenvalue weighted by Crippen LogP contribution is -2.38. The third kappa shape index (κ3) is 7.74. The lowest BCUT2D eigenvalue weighted by Gasteiger charge is -2.27. The molecule has 0 radical (unpaired) electrons. The first kappa shape index (κ1) is 14.9. The molecule has 0 spiro atoms. The SMILES string of the molecule is CN(CCCNC(C)(C)C)CC1CCCOC1. The van der Waals surface area contributed by atoms with E-state index in [-0.39, 0.29) is 5.54 Å².